The molecule has 0 N–H and O–H groups in total. The molecule has 0 amide bonds. The van der Waals surface area contributed by atoms with Gasteiger partial charge in [0.1, 0.15) is 0 Å². The van der Waals surface area contributed by atoms with Gasteiger partial charge in [0.2, 0.25) is 0 Å². The first-order valence-corrected chi connectivity index (χ1v) is 26.6. The van der Waals surface area contributed by atoms with Gasteiger partial charge in [0.15, 0.2) is 16.6 Å². The topological polar surface area (TPSA) is 27.7 Å². The van der Waals surface area contributed by atoms with Crippen LogP contribution in [0.15, 0.2) is 85.5 Å². The molecule has 0 aromatic heterocycles. The highest BCUT2D eigenvalue weighted by atomic mass is 28.4. The van der Waals surface area contributed by atoms with Gasteiger partial charge in [0.05, 0.1) is 6.10 Å². The van der Waals surface area contributed by atoms with Crippen molar-refractivity contribution in [3.63, 3.8) is 0 Å². The maximum atomic E-state index is 7.22. The van der Waals surface area contributed by atoms with E-state index >= 15 is 0 Å². The fraction of sp³-hybridized carbons (Fsp3) is 0.628. The maximum absolute atomic E-state index is 7.22. The minimum Gasteiger partial charge on any atom is -0.414 e. The van der Waals surface area contributed by atoms with Gasteiger partial charge in [0.25, 0.3) is 8.32 Å². The fourth-order valence-corrected chi connectivity index (χ4v) is 13.5. The molecule has 0 saturated heterocycles. The van der Waals surface area contributed by atoms with Crippen molar-refractivity contribution in [1.82, 2.24) is 0 Å². The van der Waals surface area contributed by atoms with E-state index in [4.69, 9.17) is 13.3 Å². The third-order valence-corrected chi connectivity index (χ3v) is 25.3. The van der Waals surface area contributed by atoms with Crippen LogP contribution in [0.1, 0.15) is 102 Å². The summed E-state index contributed by atoms with van der Waals surface area (Å²) in [7, 11) is -6.35. The molecule has 0 aliphatic carbocycles. The van der Waals surface area contributed by atoms with Crippen molar-refractivity contribution in [2.24, 2.45) is 11.8 Å². The standard InChI is InChI=1S/C43H74O3Si3/c1-17-40(46-48(15,16)42(7,8)9)36(3)32-31-35(2)34-37(45-47(13,14)41(4,5)6)26-24-25-33-44-49(43(10,11)12,38-27-20-18-21-28-38)39-29-22-19-23-30-39/h17-23,27-32,35-37,40H,1,24-26,33-34H2,2-16H3/b32-31+/t35-,36-,37+,40-/m0/s1. The van der Waals surface area contributed by atoms with E-state index in [-0.39, 0.29) is 33.2 Å². The molecule has 4 atom stereocenters. The normalized spacial score (nSPS) is 16.4. The van der Waals surface area contributed by atoms with Gasteiger partial charge < -0.3 is 13.3 Å². The predicted molar refractivity (Wildman–Crippen MR) is 224 cm³/mol. The highest BCUT2D eigenvalue weighted by Gasteiger charge is 2.50. The molecule has 0 aliphatic heterocycles. The molecule has 276 valence electrons. The van der Waals surface area contributed by atoms with E-state index in [0.717, 1.165) is 32.3 Å². The molecule has 2 aromatic carbocycles. The molecule has 0 fully saturated rings. The van der Waals surface area contributed by atoms with Crippen LogP contribution in [-0.4, -0.2) is 43.8 Å². The maximum Gasteiger partial charge on any atom is 0.261 e. The van der Waals surface area contributed by atoms with Crippen LogP contribution in [0.4, 0.5) is 0 Å². The minimum absolute atomic E-state index is 0.0110. The van der Waals surface area contributed by atoms with Crippen molar-refractivity contribution in [2.75, 3.05) is 6.61 Å². The average Bonchev–Trinajstić information content (AvgIpc) is 2.99. The number of hydrogen-bond donors (Lipinski definition) is 0. The van der Waals surface area contributed by atoms with Gasteiger partial charge in [-0.05, 0) is 83.3 Å². The Balaban J connectivity index is 2.19. The second-order valence-corrected chi connectivity index (χ2v) is 32.4. The molecule has 2 aromatic rings. The van der Waals surface area contributed by atoms with Crippen LogP contribution >= 0.6 is 0 Å². The molecule has 3 nitrogen and oxygen atoms in total. The molecule has 49 heavy (non-hydrogen) atoms. The molecule has 0 spiro atoms. The Morgan fingerprint density at radius 3 is 1.55 bits per heavy atom. The van der Waals surface area contributed by atoms with Crippen molar-refractivity contribution in [2.45, 2.75) is 155 Å². The summed E-state index contributed by atoms with van der Waals surface area (Å²) in [4.78, 5) is 0. The SMILES string of the molecule is C=C[C@H](O[Si](C)(C)C(C)(C)C)[C@@H](C)/C=C/[C@H](C)C[C@@H](CCCCO[Si](c1ccccc1)(c1ccccc1)C(C)(C)C)O[Si](C)(C)C(C)(C)C. The molecule has 0 radical (unpaired) electrons. The zero-order valence-electron chi connectivity index (χ0n) is 34.3. The molecular weight excluding hydrogens is 649 g/mol. The Morgan fingerprint density at radius 1 is 0.653 bits per heavy atom. The van der Waals surface area contributed by atoms with Crippen LogP contribution < -0.4 is 10.4 Å². The monoisotopic (exact) mass is 722 g/mol. The summed E-state index contributed by atoms with van der Waals surface area (Å²) in [6.45, 7) is 39.9. The minimum atomic E-state index is -2.52. The highest BCUT2D eigenvalue weighted by molar-refractivity contribution is 6.99. The van der Waals surface area contributed by atoms with Crippen LogP contribution in [0.5, 0.6) is 0 Å². The summed E-state index contributed by atoms with van der Waals surface area (Å²) < 4.78 is 21.1. The summed E-state index contributed by atoms with van der Waals surface area (Å²) >= 11 is 0. The highest BCUT2D eigenvalue weighted by Crippen LogP contribution is 2.40. The Morgan fingerprint density at radius 2 is 1.12 bits per heavy atom. The van der Waals surface area contributed by atoms with Crippen LogP contribution in [0.2, 0.25) is 41.3 Å². The van der Waals surface area contributed by atoms with Gasteiger partial charge in [-0.25, -0.2) is 0 Å². The second kappa shape index (κ2) is 17.8. The lowest BCUT2D eigenvalue weighted by Crippen LogP contribution is -2.66. The Bertz CT molecular complexity index is 1240. The summed E-state index contributed by atoms with van der Waals surface area (Å²) in [6.07, 6.45) is 11.2. The number of hydrogen-bond acceptors (Lipinski definition) is 3. The second-order valence-electron chi connectivity index (χ2n) is 18.5. The van der Waals surface area contributed by atoms with E-state index in [2.05, 4.69) is 182 Å². The first-order chi connectivity index (χ1) is 22.5. The van der Waals surface area contributed by atoms with Crippen molar-refractivity contribution in [3.05, 3.63) is 85.5 Å². The van der Waals surface area contributed by atoms with Crippen LogP contribution in [-0.2, 0) is 13.3 Å². The molecule has 0 saturated carbocycles. The van der Waals surface area contributed by atoms with Gasteiger partial charge in [0, 0.05) is 18.6 Å². The predicted octanol–water partition coefficient (Wildman–Crippen LogP) is 11.9. The van der Waals surface area contributed by atoms with Crippen molar-refractivity contribution in [3.8, 4) is 0 Å². The molecule has 6 heteroatoms. The van der Waals surface area contributed by atoms with Crippen molar-refractivity contribution >= 4 is 35.3 Å². The lowest BCUT2D eigenvalue weighted by Gasteiger charge is -2.43. The number of unbranched alkanes of at least 4 members (excludes halogenated alkanes) is 1. The van der Waals surface area contributed by atoms with Gasteiger partial charge in [-0.1, -0.05) is 155 Å². The quantitative estimate of drug-likeness (QED) is 0.0871. The summed E-state index contributed by atoms with van der Waals surface area (Å²) in [5.74, 6) is 0.677. The third kappa shape index (κ3) is 12.0. The fourth-order valence-electron chi connectivity index (χ4n) is 6.13. The summed E-state index contributed by atoms with van der Waals surface area (Å²) in [5, 5.41) is 3.02. The Hall–Kier alpha value is -1.55. The molecule has 0 bridgehead atoms. The lowest BCUT2D eigenvalue weighted by molar-refractivity contribution is 0.144. The first kappa shape index (κ1) is 43.6. The van der Waals surface area contributed by atoms with Crippen LogP contribution in [0.3, 0.4) is 0 Å². The molecule has 0 heterocycles. The summed E-state index contributed by atoms with van der Waals surface area (Å²) in [5.41, 5.74) is 0. The van der Waals surface area contributed by atoms with E-state index in [0.29, 0.717) is 5.92 Å². The van der Waals surface area contributed by atoms with Gasteiger partial charge >= 0.3 is 0 Å². The smallest absolute Gasteiger partial charge is 0.261 e. The van der Waals surface area contributed by atoms with Crippen molar-refractivity contribution in [1.29, 1.82) is 0 Å². The number of rotatable bonds is 18. The zero-order chi connectivity index (χ0) is 37.3. The Kier molecular flexibility index (Phi) is 15.8. The number of benzene rings is 2. The van der Waals surface area contributed by atoms with E-state index in [1.807, 2.05) is 6.08 Å². The third-order valence-electron chi connectivity index (χ3n) is 11.3. The molecular formula is C43H74O3Si3. The molecule has 2 rings (SSSR count). The lowest BCUT2D eigenvalue weighted by atomic mass is 9.96. The average molecular weight is 723 g/mol. The first-order valence-electron chi connectivity index (χ1n) is 18.9. The van der Waals surface area contributed by atoms with Crippen molar-refractivity contribution < 1.29 is 13.3 Å². The van der Waals surface area contributed by atoms with Gasteiger partial charge in [-0.3, -0.25) is 0 Å². The molecule has 0 aliphatic rings. The van der Waals surface area contributed by atoms with Crippen LogP contribution in [0, 0.1) is 11.8 Å². The Labute approximate surface area is 306 Å². The number of allylic oxidation sites excluding steroid dienone is 1. The van der Waals surface area contributed by atoms with E-state index in [1.165, 1.54) is 10.4 Å². The molecule has 0 unspecified atom stereocenters. The zero-order valence-corrected chi connectivity index (χ0v) is 37.3. The van der Waals surface area contributed by atoms with Crippen LogP contribution in [0.25, 0.3) is 0 Å². The van der Waals surface area contributed by atoms with Gasteiger partial charge in [-0.2, -0.15) is 0 Å². The van der Waals surface area contributed by atoms with E-state index < -0.39 is 25.0 Å². The summed E-state index contributed by atoms with van der Waals surface area (Å²) in [6, 6.07) is 22.0. The van der Waals surface area contributed by atoms with Gasteiger partial charge in [-0.15, -0.1) is 6.58 Å². The van der Waals surface area contributed by atoms with E-state index in [1.54, 1.807) is 0 Å². The van der Waals surface area contributed by atoms with E-state index in [9.17, 15) is 0 Å². The largest absolute Gasteiger partial charge is 0.414 e.